The maximum Gasteiger partial charge on any atom is 0.338 e. The van der Waals surface area contributed by atoms with E-state index in [1.54, 1.807) is 6.20 Å². The molecule has 0 aromatic carbocycles. The molecule has 0 fully saturated rings. The van der Waals surface area contributed by atoms with Gasteiger partial charge >= 0.3 is 5.97 Å². The van der Waals surface area contributed by atoms with Crippen LogP contribution < -0.4 is 5.32 Å². The Morgan fingerprint density at radius 3 is 2.89 bits per heavy atom. The smallest absolute Gasteiger partial charge is 0.338 e. The van der Waals surface area contributed by atoms with Crippen LogP contribution in [-0.4, -0.2) is 22.0 Å². The van der Waals surface area contributed by atoms with E-state index in [4.69, 9.17) is 9.52 Å². The summed E-state index contributed by atoms with van der Waals surface area (Å²) in [7, 11) is 0. The molecule has 0 saturated carbocycles. The first-order valence-corrected chi connectivity index (χ1v) is 6.45. The number of rotatable bonds is 5. The van der Waals surface area contributed by atoms with Crippen molar-refractivity contribution >= 4 is 23.2 Å². The highest BCUT2D eigenvalue weighted by Crippen LogP contribution is 2.13. The summed E-state index contributed by atoms with van der Waals surface area (Å²) in [6, 6.07) is 1.19. The first-order chi connectivity index (χ1) is 9.10. The first-order valence-electron chi connectivity index (χ1n) is 5.63. The number of aromatic nitrogens is 1. The van der Waals surface area contributed by atoms with Crippen molar-refractivity contribution in [1.82, 2.24) is 10.3 Å². The third kappa shape index (κ3) is 3.19. The summed E-state index contributed by atoms with van der Waals surface area (Å²) in [5.74, 6) is -1.61. The zero-order valence-corrected chi connectivity index (χ0v) is 11.0. The summed E-state index contributed by atoms with van der Waals surface area (Å²) in [6.45, 7) is 2.33. The molecule has 2 aromatic rings. The minimum absolute atomic E-state index is 0.0235. The number of nitrogens with one attached hydrogen (secondary N) is 1. The predicted molar refractivity (Wildman–Crippen MR) is 68.3 cm³/mol. The summed E-state index contributed by atoms with van der Waals surface area (Å²) in [6.07, 6.45) is 3.73. The molecule has 0 aliphatic heterocycles. The van der Waals surface area contributed by atoms with E-state index in [2.05, 4.69) is 10.3 Å². The van der Waals surface area contributed by atoms with Crippen molar-refractivity contribution in [2.24, 2.45) is 0 Å². The molecular weight excluding hydrogens is 268 g/mol. The zero-order valence-electron chi connectivity index (χ0n) is 10.2. The number of nitrogens with zero attached hydrogens (tertiary/aromatic N) is 1. The van der Waals surface area contributed by atoms with Crippen molar-refractivity contribution in [2.45, 2.75) is 19.9 Å². The third-order valence-electron chi connectivity index (χ3n) is 2.42. The Morgan fingerprint density at radius 2 is 2.32 bits per heavy atom. The van der Waals surface area contributed by atoms with E-state index in [-0.39, 0.29) is 11.3 Å². The van der Waals surface area contributed by atoms with Crippen LogP contribution in [0.5, 0.6) is 0 Å². The van der Waals surface area contributed by atoms with Gasteiger partial charge in [-0.15, -0.1) is 11.3 Å². The molecule has 100 valence electrons. The molecule has 0 saturated heterocycles. The van der Waals surface area contributed by atoms with Gasteiger partial charge in [-0.1, -0.05) is 6.92 Å². The molecule has 7 heteroatoms. The number of aromatic carboxylic acids is 1. The van der Waals surface area contributed by atoms with Crippen molar-refractivity contribution in [3.63, 3.8) is 0 Å². The third-order valence-corrected chi connectivity index (χ3v) is 3.56. The molecule has 0 unspecified atom stereocenters. The van der Waals surface area contributed by atoms with Gasteiger partial charge in [0.25, 0.3) is 5.91 Å². The largest absolute Gasteiger partial charge is 0.478 e. The summed E-state index contributed by atoms with van der Waals surface area (Å²) < 4.78 is 4.89. The Kier molecular flexibility index (Phi) is 3.96. The lowest BCUT2D eigenvalue weighted by atomic mass is 10.3. The summed E-state index contributed by atoms with van der Waals surface area (Å²) in [5.41, 5.74) is -0.0485. The number of furan rings is 1. The normalized spacial score (nSPS) is 10.4. The Hall–Kier alpha value is -2.15. The number of amides is 1. The van der Waals surface area contributed by atoms with Crippen molar-refractivity contribution < 1.29 is 19.1 Å². The standard InChI is InChI=1S/C12H12N2O4S/c1-2-8-4-13-10(19-8)5-14-11(15)9-3-7(6-18-9)12(16)17/h3-4,6H,2,5H2,1H3,(H,14,15)(H,16,17). The molecule has 2 heterocycles. The van der Waals surface area contributed by atoms with Gasteiger partial charge in [0.2, 0.25) is 0 Å². The average Bonchev–Trinajstić information content (AvgIpc) is 3.04. The number of hydrogen-bond acceptors (Lipinski definition) is 5. The molecule has 0 aliphatic carbocycles. The molecule has 2 aromatic heterocycles. The van der Waals surface area contributed by atoms with Crippen LogP contribution in [0.3, 0.4) is 0 Å². The van der Waals surface area contributed by atoms with Gasteiger partial charge < -0.3 is 14.8 Å². The fourth-order valence-electron chi connectivity index (χ4n) is 1.40. The van der Waals surface area contributed by atoms with E-state index in [9.17, 15) is 9.59 Å². The van der Waals surface area contributed by atoms with Gasteiger partial charge in [0, 0.05) is 17.1 Å². The van der Waals surface area contributed by atoms with Gasteiger partial charge in [-0.25, -0.2) is 9.78 Å². The van der Waals surface area contributed by atoms with Crippen LogP contribution in [0.15, 0.2) is 22.9 Å². The number of thiazole rings is 1. The van der Waals surface area contributed by atoms with Crippen LogP contribution in [0.25, 0.3) is 0 Å². The fraction of sp³-hybridized carbons (Fsp3) is 0.250. The molecule has 0 atom stereocenters. The number of carbonyl (C=O) groups is 2. The topological polar surface area (TPSA) is 92.4 Å². The zero-order chi connectivity index (χ0) is 13.8. The van der Waals surface area contributed by atoms with E-state index in [1.165, 1.54) is 17.4 Å². The van der Waals surface area contributed by atoms with E-state index >= 15 is 0 Å². The number of carboxylic acid groups (broad SMARTS) is 1. The molecule has 2 N–H and O–H groups in total. The van der Waals surface area contributed by atoms with Crippen LogP contribution in [0.2, 0.25) is 0 Å². The lowest BCUT2D eigenvalue weighted by molar-refractivity contribution is 0.0696. The molecule has 0 spiro atoms. The maximum atomic E-state index is 11.7. The van der Waals surface area contributed by atoms with Crippen molar-refractivity contribution in [3.05, 3.63) is 39.7 Å². The van der Waals surface area contributed by atoms with Gasteiger partial charge in [0.1, 0.15) is 11.3 Å². The van der Waals surface area contributed by atoms with Crippen LogP contribution in [0, 0.1) is 0 Å². The van der Waals surface area contributed by atoms with E-state index in [0.29, 0.717) is 6.54 Å². The average molecular weight is 280 g/mol. The lowest BCUT2D eigenvalue weighted by Gasteiger charge is -1.99. The number of aryl methyl sites for hydroxylation is 1. The lowest BCUT2D eigenvalue weighted by Crippen LogP contribution is -2.22. The molecule has 2 rings (SSSR count). The summed E-state index contributed by atoms with van der Waals surface area (Å²) in [5, 5.41) is 12.1. The second kappa shape index (κ2) is 5.66. The molecule has 0 radical (unpaired) electrons. The highest BCUT2D eigenvalue weighted by molar-refractivity contribution is 7.11. The summed E-state index contributed by atoms with van der Waals surface area (Å²) in [4.78, 5) is 27.7. The van der Waals surface area contributed by atoms with Crippen LogP contribution in [0.4, 0.5) is 0 Å². The van der Waals surface area contributed by atoms with E-state index in [0.717, 1.165) is 22.6 Å². The summed E-state index contributed by atoms with van der Waals surface area (Å²) >= 11 is 1.53. The second-order valence-corrected chi connectivity index (χ2v) is 4.96. The van der Waals surface area contributed by atoms with E-state index in [1.807, 2.05) is 6.92 Å². The van der Waals surface area contributed by atoms with Crippen molar-refractivity contribution in [3.8, 4) is 0 Å². The molecule has 19 heavy (non-hydrogen) atoms. The number of carboxylic acids is 1. The fourth-order valence-corrected chi connectivity index (χ4v) is 2.21. The molecular formula is C12H12N2O4S. The van der Waals surface area contributed by atoms with Crippen LogP contribution in [0.1, 0.15) is 37.7 Å². The Balaban J connectivity index is 1.95. The highest BCUT2D eigenvalue weighted by Gasteiger charge is 2.14. The highest BCUT2D eigenvalue weighted by atomic mass is 32.1. The Labute approximate surface area is 113 Å². The van der Waals surface area contributed by atoms with Crippen LogP contribution in [-0.2, 0) is 13.0 Å². The molecule has 1 amide bonds. The quantitative estimate of drug-likeness (QED) is 0.873. The molecule has 6 nitrogen and oxygen atoms in total. The van der Waals surface area contributed by atoms with Crippen molar-refractivity contribution in [1.29, 1.82) is 0 Å². The Morgan fingerprint density at radius 1 is 1.53 bits per heavy atom. The number of hydrogen-bond donors (Lipinski definition) is 2. The van der Waals surface area contributed by atoms with Crippen molar-refractivity contribution in [2.75, 3.05) is 0 Å². The minimum Gasteiger partial charge on any atom is -0.478 e. The van der Waals surface area contributed by atoms with Crippen LogP contribution >= 0.6 is 11.3 Å². The van der Waals surface area contributed by atoms with E-state index < -0.39 is 11.9 Å². The predicted octanol–water partition coefficient (Wildman–Crippen LogP) is 1.93. The SMILES string of the molecule is CCc1cnc(CNC(=O)c2cc(C(=O)O)co2)s1. The van der Waals surface area contributed by atoms with Gasteiger partial charge in [0.05, 0.1) is 12.1 Å². The van der Waals surface area contributed by atoms with Gasteiger partial charge in [-0.2, -0.15) is 0 Å². The Bertz CT molecular complexity index is 602. The first kappa shape index (κ1) is 13.3. The monoisotopic (exact) mass is 280 g/mol. The minimum atomic E-state index is -1.13. The van der Waals surface area contributed by atoms with Gasteiger partial charge in [0.15, 0.2) is 5.76 Å². The number of carbonyl (C=O) groups excluding carboxylic acids is 1. The molecule has 0 bridgehead atoms. The second-order valence-electron chi connectivity index (χ2n) is 3.76. The molecule has 0 aliphatic rings. The van der Waals surface area contributed by atoms with Gasteiger partial charge in [-0.3, -0.25) is 4.79 Å². The van der Waals surface area contributed by atoms with Gasteiger partial charge in [-0.05, 0) is 6.42 Å². The maximum absolute atomic E-state index is 11.7.